The number of urea groups is 1. The van der Waals surface area contributed by atoms with Crippen molar-refractivity contribution >= 4 is 11.7 Å². The molecule has 25 heavy (non-hydrogen) atoms. The van der Waals surface area contributed by atoms with Crippen LogP contribution in [0.2, 0.25) is 0 Å². The van der Waals surface area contributed by atoms with Gasteiger partial charge in [-0.05, 0) is 38.5 Å². The van der Waals surface area contributed by atoms with Crippen LogP contribution >= 0.6 is 0 Å². The van der Waals surface area contributed by atoms with Crippen molar-refractivity contribution in [2.45, 2.75) is 59.0 Å². The van der Waals surface area contributed by atoms with Gasteiger partial charge in [0.05, 0.1) is 29.8 Å². The molecular weight excluding hydrogens is 316 g/mol. The minimum Gasteiger partial charge on any atom is -0.317 e. The molecule has 0 aliphatic carbocycles. The molecule has 0 spiro atoms. The SMILES string of the molecule is Cc1c(NC(=O)N2CCCC[C@@H]2c2cn[nH]c2)cnn1CCC(C)C. The predicted molar refractivity (Wildman–Crippen MR) is 97.3 cm³/mol. The van der Waals surface area contributed by atoms with Gasteiger partial charge in [-0.15, -0.1) is 0 Å². The van der Waals surface area contributed by atoms with Crippen LogP contribution in [-0.2, 0) is 6.54 Å². The molecular formula is C18H28N6O. The van der Waals surface area contributed by atoms with E-state index in [1.165, 1.54) is 0 Å². The van der Waals surface area contributed by atoms with E-state index in [0.717, 1.165) is 55.7 Å². The van der Waals surface area contributed by atoms with Gasteiger partial charge >= 0.3 is 6.03 Å². The van der Waals surface area contributed by atoms with E-state index >= 15 is 0 Å². The molecule has 2 aromatic rings. The molecule has 2 amide bonds. The van der Waals surface area contributed by atoms with E-state index in [0.29, 0.717) is 5.92 Å². The molecule has 0 bridgehead atoms. The van der Waals surface area contributed by atoms with Gasteiger partial charge in [0.15, 0.2) is 0 Å². The van der Waals surface area contributed by atoms with Crippen molar-refractivity contribution < 1.29 is 4.79 Å². The van der Waals surface area contributed by atoms with Crippen molar-refractivity contribution in [2.75, 3.05) is 11.9 Å². The van der Waals surface area contributed by atoms with Crippen molar-refractivity contribution in [1.29, 1.82) is 0 Å². The zero-order valence-electron chi connectivity index (χ0n) is 15.3. The minimum absolute atomic E-state index is 0.0580. The average Bonchev–Trinajstić information content (AvgIpc) is 3.24. The number of aryl methyl sites for hydroxylation is 1. The predicted octanol–water partition coefficient (Wildman–Crippen LogP) is 3.72. The Morgan fingerprint density at radius 2 is 2.24 bits per heavy atom. The largest absolute Gasteiger partial charge is 0.322 e. The van der Waals surface area contributed by atoms with Crippen LogP contribution in [0.3, 0.4) is 0 Å². The van der Waals surface area contributed by atoms with E-state index in [2.05, 4.69) is 34.5 Å². The molecule has 1 aliphatic rings. The first-order chi connectivity index (χ1) is 12.1. The van der Waals surface area contributed by atoms with Gasteiger partial charge < -0.3 is 10.2 Å². The fourth-order valence-corrected chi connectivity index (χ4v) is 3.33. The fraction of sp³-hybridized carbons (Fsp3) is 0.611. The first kappa shape index (κ1) is 17.5. The number of H-pyrrole nitrogens is 1. The number of amides is 2. The van der Waals surface area contributed by atoms with Crippen molar-refractivity contribution in [1.82, 2.24) is 24.9 Å². The summed E-state index contributed by atoms with van der Waals surface area (Å²) >= 11 is 0. The smallest absolute Gasteiger partial charge is 0.317 e. The van der Waals surface area contributed by atoms with E-state index in [-0.39, 0.29) is 12.1 Å². The van der Waals surface area contributed by atoms with Crippen LogP contribution in [0.15, 0.2) is 18.6 Å². The number of hydrogen-bond donors (Lipinski definition) is 2. The van der Waals surface area contributed by atoms with Crippen molar-refractivity contribution in [3.05, 3.63) is 29.8 Å². The lowest BCUT2D eigenvalue weighted by Gasteiger charge is -2.35. The molecule has 0 unspecified atom stereocenters. The number of nitrogens with zero attached hydrogens (tertiary/aromatic N) is 4. The summed E-state index contributed by atoms with van der Waals surface area (Å²) in [6.45, 7) is 8.05. The molecule has 3 rings (SSSR count). The third-order valence-corrected chi connectivity index (χ3v) is 4.93. The Hall–Kier alpha value is -2.31. The lowest BCUT2D eigenvalue weighted by molar-refractivity contribution is 0.163. The molecule has 2 aromatic heterocycles. The molecule has 7 nitrogen and oxygen atoms in total. The summed E-state index contributed by atoms with van der Waals surface area (Å²) in [4.78, 5) is 14.8. The van der Waals surface area contributed by atoms with Gasteiger partial charge in [0.1, 0.15) is 0 Å². The highest BCUT2D eigenvalue weighted by Gasteiger charge is 2.29. The van der Waals surface area contributed by atoms with Crippen LogP contribution in [-0.4, -0.2) is 37.5 Å². The van der Waals surface area contributed by atoms with Crippen molar-refractivity contribution in [2.24, 2.45) is 5.92 Å². The molecule has 136 valence electrons. The monoisotopic (exact) mass is 344 g/mol. The van der Waals surface area contributed by atoms with Crippen molar-refractivity contribution in [3.63, 3.8) is 0 Å². The van der Waals surface area contributed by atoms with Crippen molar-refractivity contribution in [3.8, 4) is 0 Å². The van der Waals surface area contributed by atoms with Crippen LogP contribution in [0.5, 0.6) is 0 Å². The highest BCUT2D eigenvalue weighted by molar-refractivity contribution is 5.90. The molecule has 2 N–H and O–H groups in total. The maximum Gasteiger partial charge on any atom is 0.322 e. The molecule has 1 atom stereocenters. The maximum atomic E-state index is 12.8. The lowest BCUT2D eigenvalue weighted by Crippen LogP contribution is -2.41. The number of carbonyl (C=O) groups is 1. The number of likely N-dealkylation sites (tertiary alicyclic amines) is 1. The Labute approximate surface area is 148 Å². The zero-order chi connectivity index (χ0) is 17.8. The number of aromatic amines is 1. The molecule has 7 heteroatoms. The van der Waals surface area contributed by atoms with Gasteiger partial charge in [-0.1, -0.05) is 13.8 Å². The number of anilines is 1. The molecule has 1 saturated heterocycles. The summed E-state index contributed by atoms with van der Waals surface area (Å²) in [6, 6.07) is 0.0289. The quantitative estimate of drug-likeness (QED) is 0.867. The van der Waals surface area contributed by atoms with Crippen LogP contribution in [0.25, 0.3) is 0 Å². The molecule has 0 aromatic carbocycles. The summed E-state index contributed by atoms with van der Waals surface area (Å²) in [5.74, 6) is 0.630. The Bertz CT molecular complexity index is 690. The molecule has 1 aliphatic heterocycles. The second-order valence-electron chi connectivity index (χ2n) is 7.22. The highest BCUT2D eigenvalue weighted by Crippen LogP contribution is 2.31. The highest BCUT2D eigenvalue weighted by atomic mass is 16.2. The molecule has 3 heterocycles. The van der Waals surface area contributed by atoms with E-state index in [4.69, 9.17) is 0 Å². The summed E-state index contributed by atoms with van der Waals surface area (Å²) in [5.41, 5.74) is 2.87. The topological polar surface area (TPSA) is 78.8 Å². The third kappa shape index (κ3) is 4.03. The van der Waals surface area contributed by atoms with Gasteiger partial charge in [-0.2, -0.15) is 10.2 Å². The Balaban J connectivity index is 1.68. The number of hydrogen-bond acceptors (Lipinski definition) is 3. The third-order valence-electron chi connectivity index (χ3n) is 4.93. The van der Waals surface area contributed by atoms with E-state index in [1.54, 1.807) is 6.20 Å². The number of aromatic nitrogens is 4. The second-order valence-corrected chi connectivity index (χ2v) is 7.22. The lowest BCUT2D eigenvalue weighted by atomic mass is 9.98. The zero-order valence-corrected chi connectivity index (χ0v) is 15.3. The number of carbonyl (C=O) groups excluding carboxylic acids is 1. The van der Waals surface area contributed by atoms with Gasteiger partial charge in [-0.3, -0.25) is 9.78 Å². The van der Waals surface area contributed by atoms with Crippen LogP contribution in [0.4, 0.5) is 10.5 Å². The number of nitrogens with one attached hydrogen (secondary N) is 2. The van der Waals surface area contributed by atoms with Gasteiger partial charge in [-0.25, -0.2) is 4.79 Å². The average molecular weight is 344 g/mol. The van der Waals surface area contributed by atoms with Crippen LogP contribution in [0, 0.1) is 12.8 Å². The van der Waals surface area contributed by atoms with E-state index in [1.807, 2.05) is 28.9 Å². The summed E-state index contributed by atoms with van der Waals surface area (Å²) < 4.78 is 1.97. The van der Waals surface area contributed by atoms with E-state index in [9.17, 15) is 4.79 Å². The summed E-state index contributed by atoms with van der Waals surface area (Å²) in [6.07, 6.45) is 9.66. The standard InChI is InChI=1S/C18H28N6O/c1-13(2)7-9-24-14(3)16(12-21-24)22-18(25)23-8-5-4-6-17(23)15-10-19-20-11-15/h10-13,17H,4-9H2,1-3H3,(H,19,20)(H,22,25)/t17-/m1/s1. The summed E-state index contributed by atoms with van der Waals surface area (Å²) in [5, 5.41) is 14.4. The van der Waals surface area contributed by atoms with Gasteiger partial charge in [0.2, 0.25) is 0 Å². The number of rotatable bonds is 5. The first-order valence-electron chi connectivity index (χ1n) is 9.15. The minimum atomic E-state index is -0.0580. The number of piperidine rings is 1. The van der Waals surface area contributed by atoms with Gasteiger partial charge in [0.25, 0.3) is 0 Å². The normalized spacial score (nSPS) is 17.9. The van der Waals surface area contributed by atoms with Crippen LogP contribution < -0.4 is 5.32 Å². The molecule has 1 fully saturated rings. The Morgan fingerprint density at radius 3 is 2.96 bits per heavy atom. The Kier molecular flexibility index (Phi) is 5.40. The second kappa shape index (κ2) is 7.72. The summed E-state index contributed by atoms with van der Waals surface area (Å²) in [7, 11) is 0. The molecule has 0 radical (unpaired) electrons. The van der Waals surface area contributed by atoms with Crippen LogP contribution in [0.1, 0.15) is 56.8 Å². The Morgan fingerprint density at radius 1 is 1.40 bits per heavy atom. The fourth-order valence-electron chi connectivity index (χ4n) is 3.33. The first-order valence-corrected chi connectivity index (χ1v) is 9.15. The van der Waals surface area contributed by atoms with Gasteiger partial charge in [0, 0.05) is 24.8 Å². The maximum absolute atomic E-state index is 12.8. The van der Waals surface area contributed by atoms with E-state index < -0.39 is 0 Å². The molecule has 0 saturated carbocycles.